The molecule has 8 nitrogen and oxygen atoms in total. The third-order valence-corrected chi connectivity index (χ3v) is 3.68. The summed E-state index contributed by atoms with van der Waals surface area (Å²) in [6, 6.07) is -0.223. The molecule has 1 aliphatic carbocycles. The minimum atomic E-state index is -0.984. The van der Waals surface area contributed by atoms with Crippen LogP contribution < -0.4 is 10.6 Å². The number of nitrogens with zero attached hydrogens (tertiary/aromatic N) is 3. The molecule has 1 heterocycles. The normalized spacial score (nSPS) is 16.2. The maximum atomic E-state index is 11.8. The van der Waals surface area contributed by atoms with Gasteiger partial charge in [-0.15, -0.1) is 5.10 Å². The molecule has 1 aromatic heterocycles. The summed E-state index contributed by atoms with van der Waals surface area (Å²) >= 11 is 0. The predicted octanol–water partition coefficient (Wildman–Crippen LogP) is 0.495. The lowest BCUT2D eigenvalue weighted by Gasteiger charge is -2.41. The number of carboxylic acids is 1. The van der Waals surface area contributed by atoms with E-state index in [1.807, 2.05) is 0 Å². The lowest BCUT2D eigenvalue weighted by Crippen LogP contribution is -2.55. The molecular weight excluding hydrogens is 262 g/mol. The molecule has 0 radical (unpaired) electrons. The fourth-order valence-electron chi connectivity index (χ4n) is 2.26. The van der Waals surface area contributed by atoms with Gasteiger partial charge in [0, 0.05) is 5.54 Å². The Morgan fingerprint density at radius 2 is 2.25 bits per heavy atom. The summed E-state index contributed by atoms with van der Waals surface area (Å²) in [5.74, 6) is -0.984. The maximum absolute atomic E-state index is 11.8. The Balaban J connectivity index is 1.78. The van der Waals surface area contributed by atoms with Crippen LogP contribution in [0.2, 0.25) is 0 Å². The van der Waals surface area contributed by atoms with Crippen molar-refractivity contribution in [3.63, 3.8) is 0 Å². The van der Waals surface area contributed by atoms with Crippen molar-refractivity contribution < 1.29 is 14.7 Å². The zero-order valence-electron chi connectivity index (χ0n) is 11.4. The van der Waals surface area contributed by atoms with Crippen molar-refractivity contribution in [1.82, 2.24) is 25.6 Å². The smallest absolute Gasteiger partial charge is 0.325 e. The Bertz CT molecular complexity index is 490. The molecule has 110 valence electrons. The highest BCUT2D eigenvalue weighted by atomic mass is 16.4. The standard InChI is InChI=1S/C12H19N5O3/c1-2-12(4-3-5-12)14-11(20)13-6-9-7-17(16-15-9)8-10(18)19/h7H,2-6,8H2,1H3,(H,18,19)(H2,13,14,20). The fraction of sp³-hybridized carbons (Fsp3) is 0.667. The van der Waals surface area contributed by atoms with Gasteiger partial charge in [0.25, 0.3) is 0 Å². The first-order chi connectivity index (χ1) is 9.53. The predicted molar refractivity (Wildman–Crippen MR) is 69.9 cm³/mol. The molecule has 0 atom stereocenters. The van der Waals surface area contributed by atoms with Gasteiger partial charge in [-0.2, -0.15) is 0 Å². The number of amides is 2. The van der Waals surface area contributed by atoms with Crippen LogP contribution in [0.5, 0.6) is 0 Å². The van der Waals surface area contributed by atoms with Gasteiger partial charge in [-0.25, -0.2) is 9.48 Å². The molecule has 1 fully saturated rings. The summed E-state index contributed by atoms with van der Waals surface area (Å²) in [6.07, 6.45) is 5.62. The van der Waals surface area contributed by atoms with Crippen LogP contribution in [0.25, 0.3) is 0 Å². The van der Waals surface area contributed by atoms with Gasteiger partial charge in [0.15, 0.2) is 0 Å². The van der Waals surface area contributed by atoms with E-state index in [4.69, 9.17) is 5.11 Å². The Hall–Kier alpha value is -2.12. The number of carboxylic acid groups (broad SMARTS) is 1. The first-order valence-electron chi connectivity index (χ1n) is 6.70. The molecule has 3 N–H and O–H groups in total. The largest absolute Gasteiger partial charge is 0.480 e. The van der Waals surface area contributed by atoms with Gasteiger partial charge in [0.1, 0.15) is 12.2 Å². The van der Waals surface area contributed by atoms with E-state index in [2.05, 4.69) is 27.9 Å². The monoisotopic (exact) mass is 281 g/mol. The van der Waals surface area contributed by atoms with Gasteiger partial charge in [-0.1, -0.05) is 12.1 Å². The van der Waals surface area contributed by atoms with E-state index in [1.54, 1.807) is 0 Å². The lowest BCUT2D eigenvalue weighted by atomic mass is 9.75. The average Bonchev–Trinajstić information content (AvgIpc) is 2.78. The van der Waals surface area contributed by atoms with Crippen molar-refractivity contribution in [3.05, 3.63) is 11.9 Å². The quantitative estimate of drug-likeness (QED) is 0.703. The highest BCUT2D eigenvalue weighted by molar-refractivity contribution is 5.74. The second-order valence-corrected chi connectivity index (χ2v) is 5.10. The second kappa shape index (κ2) is 5.89. The summed E-state index contributed by atoms with van der Waals surface area (Å²) in [6.45, 7) is 2.06. The van der Waals surface area contributed by atoms with Crippen LogP contribution in [-0.2, 0) is 17.9 Å². The van der Waals surface area contributed by atoms with E-state index in [0.717, 1.165) is 25.7 Å². The highest BCUT2D eigenvalue weighted by Gasteiger charge is 2.36. The van der Waals surface area contributed by atoms with Crippen molar-refractivity contribution >= 4 is 12.0 Å². The van der Waals surface area contributed by atoms with Crippen molar-refractivity contribution in [3.8, 4) is 0 Å². The fourth-order valence-corrected chi connectivity index (χ4v) is 2.26. The Kier molecular flexibility index (Phi) is 4.21. The van der Waals surface area contributed by atoms with Crippen LogP contribution in [0.3, 0.4) is 0 Å². The van der Waals surface area contributed by atoms with Crippen molar-refractivity contribution in [1.29, 1.82) is 0 Å². The van der Waals surface area contributed by atoms with Crippen molar-refractivity contribution in [2.75, 3.05) is 0 Å². The summed E-state index contributed by atoms with van der Waals surface area (Å²) in [5, 5.41) is 21.8. The van der Waals surface area contributed by atoms with Crippen LogP contribution in [0.4, 0.5) is 4.79 Å². The van der Waals surface area contributed by atoms with Gasteiger partial charge < -0.3 is 15.7 Å². The molecule has 20 heavy (non-hydrogen) atoms. The summed E-state index contributed by atoms with van der Waals surface area (Å²) in [4.78, 5) is 22.3. The van der Waals surface area contributed by atoms with E-state index in [0.29, 0.717) is 5.69 Å². The number of urea groups is 1. The summed E-state index contributed by atoms with van der Waals surface area (Å²) in [5.41, 5.74) is 0.478. The number of rotatable bonds is 6. The Morgan fingerprint density at radius 1 is 1.50 bits per heavy atom. The van der Waals surface area contributed by atoms with E-state index < -0.39 is 5.97 Å². The number of hydrogen-bond acceptors (Lipinski definition) is 4. The third-order valence-electron chi connectivity index (χ3n) is 3.68. The van der Waals surface area contributed by atoms with Gasteiger partial charge >= 0.3 is 12.0 Å². The number of carbonyl (C=O) groups excluding carboxylic acids is 1. The molecule has 2 rings (SSSR count). The van der Waals surface area contributed by atoms with Crippen LogP contribution in [0.15, 0.2) is 6.20 Å². The molecule has 1 aliphatic rings. The second-order valence-electron chi connectivity index (χ2n) is 5.10. The molecule has 1 aromatic rings. The van der Waals surface area contributed by atoms with Crippen LogP contribution in [-0.4, -0.2) is 37.6 Å². The van der Waals surface area contributed by atoms with Crippen LogP contribution in [0.1, 0.15) is 38.3 Å². The van der Waals surface area contributed by atoms with Crippen LogP contribution >= 0.6 is 0 Å². The number of aromatic nitrogens is 3. The maximum Gasteiger partial charge on any atom is 0.325 e. The lowest BCUT2D eigenvalue weighted by molar-refractivity contribution is -0.137. The highest BCUT2D eigenvalue weighted by Crippen LogP contribution is 2.34. The molecule has 0 spiro atoms. The topological polar surface area (TPSA) is 109 Å². The number of nitrogens with one attached hydrogen (secondary N) is 2. The number of hydrogen-bond donors (Lipinski definition) is 3. The van der Waals surface area contributed by atoms with Gasteiger partial charge in [0.2, 0.25) is 0 Å². The first kappa shape index (κ1) is 14.3. The van der Waals surface area contributed by atoms with Crippen molar-refractivity contribution in [2.45, 2.75) is 51.2 Å². The molecule has 1 saturated carbocycles. The zero-order valence-corrected chi connectivity index (χ0v) is 11.4. The molecule has 0 aromatic carbocycles. The Labute approximate surface area is 116 Å². The third kappa shape index (κ3) is 3.46. The average molecular weight is 281 g/mol. The van der Waals surface area contributed by atoms with Gasteiger partial charge in [0.05, 0.1) is 12.7 Å². The molecule has 2 amide bonds. The zero-order chi connectivity index (χ0) is 14.6. The van der Waals surface area contributed by atoms with E-state index in [9.17, 15) is 9.59 Å². The van der Waals surface area contributed by atoms with E-state index >= 15 is 0 Å². The molecular formula is C12H19N5O3. The SMILES string of the molecule is CCC1(NC(=O)NCc2cn(CC(=O)O)nn2)CCC1. The first-order valence-corrected chi connectivity index (χ1v) is 6.70. The molecule has 0 aliphatic heterocycles. The number of carbonyl (C=O) groups is 2. The minimum Gasteiger partial charge on any atom is -0.480 e. The van der Waals surface area contributed by atoms with Crippen molar-refractivity contribution in [2.24, 2.45) is 0 Å². The summed E-state index contributed by atoms with van der Waals surface area (Å²) in [7, 11) is 0. The van der Waals surface area contributed by atoms with Gasteiger partial charge in [-0.3, -0.25) is 4.79 Å². The van der Waals surface area contributed by atoms with Gasteiger partial charge in [-0.05, 0) is 25.7 Å². The van der Waals surface area contributed by atoms with Crippen LogP contribution in [0, 0.1) is 0 Å². The Morgan fingerprint density at radius 3 is 2.80 bits per heavy atom. The molecule has 0 bridgehead atoms. The minimum absolute atomic E-state index is 0.0506. The number of aliphatic carboxylic acids is 1. The molecule has 0 saturated heterocycles. The van der Waals surface area contributed by atoms with E-state index in [1.165, 1.54) is 10.9 Å². The molecule has 8 heteroatoms. The molecule has 0 unspecified atom stereocenters. The van der Waals surface area contributed by atoms with E-state index in [-0.39, 0.29) is 24.7 Å². The summed E-state index contributed by atoms with van der Waals surface area (Å²) < 4.78 is 1.22.